The maximum Gasteiger partial charge on any atom is 0.240 e. The van der Waals surface area contributed by atoms with E-state index < -0.39 is 0 Å². The lowest BCUT2D eigenvalue weighted by molar-refractivity contribution is -0.136. The van der Waals surface area contributed by atoms with Crippen molar-refractivity contribution in [1.82, 2.24) is 19.9 Å². The molecule has 1 aromatic carbocycles. The Hall–Kier alpha value is -1.96. The Kier molecular flexibility index (Phi) is 5.90. The molecule has 3 heterocycles. The molecule has 1 fully saturated rings. The van der Waals surface area contributed by atoms with Crippen molar-refractivity contribution in [2.24, 2.45) is 5.73 Å². The van der Waals surface area contributed by atoms with Crippen LogP contribution in [0.15, 0.2) is 28.8 Å². The molecule has 1 aromatic heterocycles. The van der Waals surface area contributed by atoms with Crippen molar-refractivity contribution >= 4 is 18.3 Å². The number of rotatable bonds is 4. The van der Waals surface area contributed by atoms with Crippen LogP contribution >= 0.6 is 12.4 Å². The van der Waals surface area contributed by atoms with Crippen LogP contribution in [0.2, 0.25) is 0 Å². The van der Waals surface area contributed by atoms with Gasteiger partial charge in [0.15, 0.2) is 5.82 Å². The number of likely N-dealkylation sites (tertiary alicyclic amines) is 1. The fourth-order valence-electron chi connectivity index (χ4n) is 3.75. The number of nitrogens with zero attached hydrogens (tertiary/aromatic N) is 4. The van der Waals surface area contributed by atoms with Crippen LogP contribution in [0.5, 0.6) is 0 Å². The molecule has 140 valence electrons. The number of nitrogens with two attached hydrogens (primary N) is 1. The van der Waals surface area contributed by atoms with Gasteiger partial charge in [-0.15, -0.1) is 12.4 Å². The largest absolute Gasteiger partial charge is 0.341 e. The van der Waals surface area contributed by atoms with Gasteiger partial charge in [-0.1, -0.05) is 29.4 Å². The van der Waals surface area contributed by atoms with Crippen LogP contribution < -0.4 is 5.73 Å². The average Bonchev–Trinajstić information content (AvgIpc) is 3.32. The number of carbonyl (C=O) groups excluding carboxylic acids is 1. The number of aromatic nitrogens is 2. The predicted octanol–water partition coefficient (Wildman–Crippen LogP) is 1.50. The number of benzene rings is 1. The van der Waals surface area contributed by atoms with Crippen LogP contribution in [0.1, 0.15) is 35.7 Å². The molecule has 1 saturated heterocycles. The van der Waals surface area contributed by atoms with E-state index in [9.17, 15) is 4.79 Å². The van der Waals surface area contributed by atoms with Crippen molar-refractivity contribution in [3.05, 3.63) is 47.1 Å². The lowest BCUT2D eigenvalue weighted by atomic mass is 9.93. The zero-order valence-electron chi connectivity index (χ0n) is 14.6. The third-order valence-electron chi connectivity index (χ3n) is 5.08. The minimum absolute atomic E-state index is 0. The second-order valence-corrected chi connectivity index (χ2v) is 6.73. The Morgan fingerprint density at radius 2 is 1.96 bits per heavy atom. The van der Waals surface area contributed by atoms with Gasteiger partial charge < -0.3 is 15.2 Å². The summed E-state index contributed by atoms with van der Waals surface area (Å²) in [4.78, 5) is 21.5. The number of carbonyl (C=O) groups is 1. The van der Waals surface area contributed by atoms with Gasteiger partial charge in [-0.25, -0.2) is 0 Å². The molecule has 2 aliphatic heterocycles. The van der Waals surface area contributed by atoms with E-state index in [0.717, 1.165) is 32.4 Å². The van der Waals surface area contributed by atoms with Gasteiger partial charge in [0, 0.05) is 19.6 Å². The summed E-state index contributed by atoms with van der Waals surface area (Å²) < 4.78 is 5.11. The first-order valence-corrected chi connectivity index (χ1v) is 8.86. The average molecular weight is 378 g/mol. The van der Waals surface area contributed by atoms with Gasteiger partial charge in [0.05, 0.1) is 19.1 Å². The van der Waals surface area contributed by atoms with E-state index in [2.05, 4.69) is 27.2 Å². The fraction of sp³-hybridized carbons (Fsp3) is 0.500. The maximum absolute atomic E-state index is 13.1. The highest BCUT2D eigenvalue weighted by Gasteiger charge is 2.35. The van der Waals surface area contributed by atoms with Gasteiger partial charge in [0.2, 0.25) is 11.8 Å². The molecule has 2 aliphatic rings. The van der Waals surface area contributed by atoms with Gasteiger partial charge in [-0.2, -0.15) is 4.98 Å². The molecule has 1 atom stereocenters. The molecule has 2 aromatic rings. The highest BCUT2D eigenvalue weighted by Crippen LogP contribution is 2.26. The predicted molar refractivity (Wildman–Crippen MR) is 98.4 cm³/mol. The van der Waals surface area contributed by atoms with Gasteiger partial charge >= 0.3 is 0 Å². The van der Waals surface area contributed by atoms with Crippen LogP contribution in [-0.4, -0.2) is 45.0 Å². The van der Waals surface area contributed by atoms with E-state index in [4.69, 9.17) is 10.3 Å². The summed E-state index contributed by atoms with van der Waals surface area (Å²) in [5, 5.41) is 4.00. The monoisotopic (exact) mass is 377 g/mol. The molecule has 26 heavy (non-hydrogen) atoms. The third-order valence-corrected chi connectivity index (χ3v) is 5.08. The first-order chi connectivity index (χ1) is 12.2. The van der Waals surface area contributed by atoms with E-state index in [0.29, 0.717) is 24.8 Å². The van der Waals surface area contributed by atoms with Crippen LogP contribution in [0.25, 0.3) is 0 Å². The van der Waals surface area contributed by atoms with Crippen molar-refractivity contribution < 1.29 is 9.32 Å². The van der Waals surface area contributed by atoms with Crippen molar-refractivity contribution in [2.45, 2.75) is 44.9 Å². The van der Waals surface area contributed by atoms with E-state index in [1.54, 1.807) is 0 Å². The normalized spacial score (nSPS) is 19.9. The number of amides is 1. The summed E-state index contributed by atoms with van der Waals surface area (Å²) >= 11 is 0. The van der Waals surface area contributed by atoms with Crippen molar-refractivity contribution in [3.63, 3.8) is 0 Å². The molecule has 4 rings (SSSR count). The van der Waals surface area contributed by atoms with E-state index >= 15 is 0 Å². The first kappa shape index (κ1) is 18.8. The van der Waals surface area contributed by atoms with Gasteiger partial charge in [-0.05, 0) is 30.4 Å². The third kappa shape index (κ3) is 3.75. The summed E-state index contributed by atoms with van der Waals surface area (Å²) in [6.45, 7) is 3.16. The Morgan fingerprint density at radius 3 is 2.65 bits per heavy atom. The standard InChI is InChI=1S/C18H23N5O2.ClH/c19-10-17-20-16(21-25-17)12-23-11-14-6-2-1-5-13(14)9-15(23)18(24)22-7-3-4-8-22;/h1-2,5-6,15H,3-4,7-12,19H2;1H. The number of hydrogen-bond acceptors (Lipinski definition) is 6. The quantitative estimate of drug-likeness (QED) is 0.868. The van der Waals surface area contributed by atoms with E-state index in [-0.39, 0.29) is 30.9 Å². The number of fused-ring (bicyclic) bond motifs is 1. The topological polar surface area (TPSA) is 88.5 Å². The molecule has 2 N–H and O–H groups in total. The van der Waals surface area contributed by atoms with Crippen molar-refractivity contribution in [2.75, 3.05) is 13.1 Å². The van der Waals surface area contributed by atoms with E-state index in [1.165, 1.54) is 11.1 Å². The minimum atomic E-state index is -0.173. The molecule has 0 spiro atoms. The summed E-state index contributed by atoms with van der Waals surface area (Å²) in [6.07, 6.45) is 2.92. The molecule has 1 amide bonds. The van der Waals surface area contributed by atoms with Crippen LogP contribution in [0, 0.1) is 0 Å². The molecular formula is C18H24ClN5O2. The first-order valence-electron chi connectivity index (χ1n) is 8.86. The summed E-state index contributed by atoms with van der Waals surface area (Å²) in [6, 6.07) is 8.16. The van der Waals surface area contributed by atoms with Crippen LogP contribution in [0.3, 0.4) is 0 Å². The Labute approximate surface area is 158 Å². The summed E-state index contributed by atoms with van der Waals surface area (Å²) in [7, 11) is 0. The van der Waals surface area contributed by atoms with Crippen LogP contribution in [-0.2, 0) is 30.8 Å². The SMILES string of the molecule is Cl.NCc1nc(CN2Cc3ccccc3CC2C(=O)N2CCCC2)no1. The Balaban J connectivity index is 0.00000196. The smallest absolute Gasteiger partial charge is 0.240 e. The lowest BCUT2D eigenvalue weighted by Crippen LogP contribution is -2.50. The van der Waals surface area contributed by atoms with E-state index in [1.807, 2.05) is 17.0 Å². The highest BCUT2D eigenvalue weighted by molar-refractivity contribution is 5.85. The molecule has 7 nitrogen and oxygen atoms in total. The lowest BCUT2D eigenvalue weighted by Gasteiger charge is -2.37. The second kappa shape index (κ2) is 8.16. The van der Waals surface area contributed by atoms with Crippen molar-refractivity contribution in [3.8, 4) is 0 Å². The Morgan fingerprint density at radius 1 is 1.23 bits per heavy atom. The summed E-state index contributed by atoms with van der Waals surface area (Å²) in [5.41, 5.74) is 8.06. The molecule has 8 heteroatoms. The second-order valence-electron chi connectivity index (χ2n) is 6.73. The van der Waals surface area contributed by atoms with Gasteiger partial charge in [0.25, 0.3) is 0 Å². The maximum atomic E-state index is 13.1. The molecular weight excluding hydrogens is 354 g/mol. The number of halogens is 1. The molecule has 0 saturated carbocycles. The van der Waals surface area contributed by atoms with Crippen LogP contribution in [0.4, 0.5) is 0 Å². The molecule has 0 radical (unpaired) electrons. The van der Waals surface area contributed by atoms with Gasteiger partial charge in [0.1, 0.15) is 0 Å². The molecule has 1 unspecified atom stereocenters. The number of hydrogen-bond donors (Lipinski definition) is 1. The molecule has 0 bridgehead atoms. The van der Waals surface area contributed by atoms with Crippen molar-refractivity contribution in [1.29, 1.82) is 0 Å². The molecule has 0 aliphatic carbocycles. The zero-order valence-corrected chi connectivity index (χ0v) is 15.5. The zero-order chi connectivity index (χ0) is 17.2. The summed E-state index contributed by atoms with van der Waals surface area (Å²) in [5.74, 6) is 1.23. The highest BCUT2D eigenvalue weighted by atomic mass is 35.5. The minimum Gasteiger partial charge on any atom is -0.341 e. The van der Waals surface area contributed by atoms with Gasteiger partial charge in [-0.3, -0.25) is 9.69 Å². The Bertz CT molecular complexity index is 760. The fourth-order valence-corrected chi connectivity index (χ4v) is 3.75.